The van der Waals surface area contributed by atoms with E-state index in [4.69, 9.17) is 0 Å². The summed E-state index contributed by atoms with van der Waals surface area (Å²) in [6, 6.07) is 23.0. The topological polar surface area (TPSA) is 81.7 Å². The van der Waals surface area contributed by atoms with Gasteiger partial charge in [-0.3, -0.25) is 14.4 Å². The van der Waals surface area contributed by atoms with E-state index in [1.165, 1.54) is 12.1 Å². The van der Waals surface area contributed by atoms with Crippen molar-refractivity contribution in [2.45, 2.75) is 17.9 Å². The van der Waals surface area contributed by atoms with Crippen molar-refractivity contribution in [2.75, 3.05) is 44.5 Å². The number of hydrogen-bond acceptors (Lipinski definition) is 5. The van der Waals surface area contributed by atoms with Crippen LogP contribution in [0, 0.1) is 6.92 Å². The third kappa shape index (κ3) is 6.69. The molecule has 1 amide bonds. The predicted molar refractivity (Wildman–Crippen MR) is 139 cm³/mol. The van der Waals surface area contributed by atoms with Crippen molar-refractivity contribution in [2.24, 2.45) is 0 Å². The van der Waals surface area contributed by atoms with Crippen LogP contribution >= 0.6 is 0 Å². The third-order valence-electron chi connectivity index (χ3n) is 6.22. The molecule has 1 heterocycles. The molecule has 0 bridgehead atoms. The zero-order valence-electron chi connectivity index (χ0n) is 20.1. The highest BCUT2D eigenvalue weighted by Crippen LogP contribution is 2.20. The van der Waals surface area contributed by atoms with Crippen molar-refractivity contribution in [3.63, 3.8) is 0 Å². The van der Waals surface area contributed by atoms with Crippen molar-refractivity contribution in [1.29, 1.82) is 0 Å². The van der Waals surface area contributed by atoms with E-state index in [9.17, 15) is 13.2 Å². The van der Waals surface area contributed by atoms with Gasteiger partial charge in [-0.05, 0) is 55.4 Å². The van der Waals surface area contributed by atoms with E-state index in [-0.39, 0.29) is 16.8 Å². The molecule has 0 saturated carbocycles. The van der Waals surface area contributed by atoms with Gasteiger partial charge in [0.05, 0.1) is 10.9 Å². The first kappa shape index (κ1) is 24.9. The van der Waals surface area contributed by atoms with Crippen LogP contribution in [0.5, 0.6) is 0 Å². The Hall–Kier alpha value is -3.20. The summed E-state index contributed by atoms with van der Waals surface area (Å²) < 4.78 is 28.5. The fourth-order valence-electron chi connectivity index (χ4n) is 4.18. The number of nitrogens with one attached hydrogen (secondary N) is 2. The number of aryl methyl sites for hydroxylation is 1. The number of amides is 1. The number of nitrogens with zero attached hydrogens (tertiary/aromatic N) is 2. The lowest BCUT2D eigenvalue weighted by molar-refractivity contribution is 0.0907. The maximum absolute atomic E-state index is 13.3. The molecule has 1 fully saturated rings. The second-order valence-electron chi connectivity index (χ2n) is 9.04. The number of hydrogen-bond donors (Lipinski definition) is 2. The standard InChI is InChI=1S/C27H32N4O3S/c1-21-8-6-12-24(18-21)29-35(33,34)25-13-7-11-23(19-25)27(32)28-26(22-9-4-3-5-10-22)20-31-16-14-30(2)15-17-31/h3-13,18-19,26,29H,14-17,20H2,1-2H3,(H,28,32). The summed E-state index contributed by atoms with van der Waals surface area (Å²) in [6.45, 7) is 6.44. The van der Waals surface area contributed by atoms with Crippen LogP contribution in [0.3, 0.4) is 0 Å². The Kier molecular flexibility index (Phi) is 7.85. The molecule has 3 aromatic carbocycles. The molecule has 1 saturated heterocycles. The Balaban J connectivity index is 1.51. The lowest BCUT2D eigenvalue weighted by atomic mass is 10.0. The number of piperazine rings is 1. The average molecular weight is 493 g/mol. The number of carbonyl (C=O) groups excluding carboxylic acids is 1. The fraction of sp³-hybridized carbons (Fsp3) is 0.296. The molecular formula is C27H32N4O3S. The molecule has 35 heavy (non-hydrogen) atoms. The fourth-order valence-corrected chi connectivity index (χ4v) is 5.27. The highest BCUT2D eigenvalue weighted by molar-refractivity contribution is 7.92. The van der Waals surface area contributed by atoms with Gasteiger partial charge in [-0.1, -0.05) is 48.5 Å². The Morgan fingerprint density at radius 1 is 0.914 bits per heavy atom. The summed E-state index contributed by atoms with van der Waals surface area (Å²) in [5.74, 6) is -0.305. The molecule has 7 nitrogen and oxygen atoms in total. The predicted octanol–water partition coefficient (Wildman–Crippen LogP) is 3.51. The highest BCUT2D eigenvalue weighted by atomic mass is 32.2. The summed E-state index contributed by atoms with van der Waals surface area (Å²) in [6.07, 6.45) is 0. The van der Waals surface area contributed by atoms with Crippen LogP contribution in [0.2, 0.25) is 0 Å². The molecule has 184 valence electrons. The normalized spacial score (nSPS) is 15.9. The van der Waals surface area contributed by atoms with Crippen LogP contribution in [-0.4, -0.2) is 63.9 Å². The average Bonchev–Trinajstić information content (AvgIpc) is 2.85. The Labute approximate surface area is 207 Å². The molecule has 0 spiro atoms. The van der Waals surface area contributed by atoms with E-state index in [0.29, 0.717) is 17.8 Å². The molecular weight excluding hydrogens is 460 g/mol. The van der Waals surface area contributed by atoms with Gasteiger partial charge in [-0.15, -0.1) is 0 Å². The first-order valence-corrected chi connectivity index (χ1v) is 13.2. The van der Waals surface area contributed by atoms with Gasteiger partial charge in [-0.2, -0.15) is 0 Å². The van der Waals surface area contributed by atoms with Gasteiger partial charge < -0.3 is 10.2 Å². The second kappa shape index (κ2) is 11.0. The minimum Gasteiger partial charge on any atom is -0.344 e. The second-order valence-corrected chi connectivity index (χ2v) is 10.7. The van der Waals surface area contributed by atoms with Crippen LogP contribution in [-0.2, 0) is 10.0 Å². The monoisotopic (exact) mass is 492 g/mol. The largest absolute Gasteiger partial charge is 0.344 e. The quantitative estimate of drug-likeness (QED) is 0.503. The van der Waals surface area contributed by atoms with Gasteiger partial charge in [0, 0.05) is 44.0 Å². The smallest absolute Gasteiger partial charge is 0.261 e. The molecule has 4 rings (SSSR count). The van der Waals surface area contributed by atoms with Crippen LogP contribution in [0.4, 0.5) is 5.69 Å². The zero-order valence-corrected chi connectivity index (χ0v) is 21.0. The molecule has 2 N–H and O–H groups in total. The minimum absolute atomic E-state index is 0.0435. The van der Waals surface area contributed by atoms with Crippen molar-refractivity contribution >= 4 is 21.6 Å². The molecule has 1 unspecified atom stereocenters. The van der Waals surface area contributed by atoms with Gasteiger partial charge in [-0.25, -0.2) is 8.42 Å². The van der Waals surface area contributed by atoms with Crippen molar-refractivity contribution in [1.82, 2.24) is 15.1 Å². The molecule has 1 aliphatic rings. The number of carbonyl (C=O) groups is 1. The molecule has 0 aliphatic carbocycles. The summed E-state index contributed by atoms with van der Waals surface area (Å²) >= 11 is 0. The minimum atomic E-state index is -3.84. The third-order valence-corrected chi connectivity index (χ3v) is 7.60. The van der Waals surface area contributed by atoms with E-state index in [1.54, 1.807) is 30.3 Å². The van der Waals surface area contributed by atoms with Gasteiger partial charge in [0.25, 0.3) is 15.9 Å². The van der Waals surface area contributed by atoms with Gasteiger partial charge >= 0.3 is 0 Å². The first-order chi connectivity index (χ1) is 16.8. The Morgan fingerprint density at radius 2 is 1.63 bits per heavy atom. The lowest BCUT2D eigenvalue weighted by Gasteiger charge is -2.35. The maximum atomic E-state index is 13.3. The summed E-state index contributed by atoms with van der Waals surface area (Å²) in [4.78, 5) is 17.9. The lowest BCUT2D eigenvalue weighted by Crippen LogP contribution is -2.47. The van der Waals surface area contributed by atoms with Crippen LogP contribution in [0.1, 0.15) is 27.5 Å². The van der Waals surface area contributed by atoms with Gasteiger partial charge in [0.2, 0.25) is 0 Å². The number of benzene rings is 3. The maximum Gasteiger partial charge on any atom is 0.261 e. The SMILES string of the molecule is Cc1cccc(NS(=O)(=O)c2cccc(C(=O)NC(CN3CCN(C)CC3)c3ccccc3)c2)c1. The van der Waals surface area contributed by atoms with E-state index in [1.807, 2.05) is 43.3 Å². The highest BCUT2D eigenvalue weighted by Gasteiger charge is 2.23. The van der Waals surface area contributed by atoms with E-state index < -0.39 is 10.0 Å². The molecule has 1 aliphatic heterocycles. The Bertz CT molecular complexity index is 1260. The molecule has 1 atom stereocenters. The van der Waals surface area contributed by atoms with Crippen molar-refractivity contribution in [3.05, 3.63) is 95.6 Å². The van der Waals surface area contributed by atoms with Crippen LogP contribution < -0.4 is 10.0 Å². The van der Waals surface area contributed by atoms with Gasteiger partial charge in [0.1, 0.15) is 0 Å². The summed E-state index contributed by atoms with van der Waals surface area (Å²) in [5.41, 5.74) is 2.75. The molecule has 0 aromatic heterocycles. The number of anilines is 1. The van der Waals surface area contributed by atoms with Crippen molar-refractivity contribution < 1.29 is 13.2 Å². The van der Waals surface area contributed by atoms with E-state index >= 15 is 0 Å². The Morgan fingerprint density at radius 3 is 2.34 bits per heavy atom. The molecule has 3 aromatic rings. The first-order valence-electron chi connectivity index (χ1n) is 11.8. The number of rotatable bonds is 8. The van der Waals surface area contributed by atoms with E-state index in [0.717, 1.165) is 37.3 Å². The number of sulfonamides is 1. The summed E-state index contributed by atoms with van der Waals surface area (Å²) in [5, 5.41) is 3.13. The molecule has 8 heteroatoms. The van der Waals surface area contributed by atoms with Crippen molar-refractivity contribution in [3.8, 4) is 0 Å². The summed E-state index contributed by atoms with van der Waals surface area (Å²) in [7, 11) is -1.72. The number of likely N-dealkylation sites (N-methyl/N-ethyl adjacent to an activating group) is 1. The van der Waals surface area contributed by atoms with Gasteiger partial charge in [0.15, 0.2) is 0 Å². The van der Waals surface area contributed by atoms with E-state index in [2.05, 4.69) is 26.9 Å². The zero-order chi connectivity index (χ0) is 24.8. The molecule has 0 radical (unpaired) electrons. The van der Waals surface area contributed by atoms with Crippen LogP contribution in [0.25, 0.3) is 0 Å². The van der Waals surface area contributed by atoms with Crippen LogP contribution in [0.15, 0.2) is 83.8 Å².